The van der Waals surface area contributed by atoms with E-state index in [0.29, 0.717) is 18.8 Å². The van der Waals surface area contributed by atoms with Gasteiger partial charge in [0.25, 0.3) is 0 Å². The van der Waals surface area contributed by atoms with E-state index in [2.05, 4.69) is 0 Å². The molecule has 2 atom stereocenters. The van der Waals surface area contributed by atoms with E-state index in [-0.39, 0.29) is 17.5 Å². The highest BCUT2D eigenvalue weighted by molar-refractivity contribution is 6.03. The van der Waals surface area contributed by atoms with Gasteiger partial charge in [0.05, 0.1) is 5.92 Å². The zero-order valence-corrected chi connectivity index (χ0v) is 7.92. The summed E-state index contributed by atoms with van der Waals surface area (Å²) in [7, 11) is 0. The Kier molecular flexibility index (Phi) is 2.47. The van der Waals surface area contributed by atoms with E-state index in [4.69, 9.17) is 0 Å². The van der Waals surface area contributed by atoms with Gasteiger partial charge in [-0.3, -0.25) is 9.59 Å². The first-order chi connectivity index (χ1) is 6.29. The van der Waals surface area contributed by atoms with E-state index in [1.54, 1.807) is 0 Å². The summed E-state index contributed by atoms with van der Waals surface area (Å²) in [6.45, 7) is 0. The number of carbonyl (C=O) groups excluding carboxylic acids is 2. The van der Waals surface area contributed by atoms with Crippen LogP contribution in [0.15, 0.2) is 0 Å². The molecule has 2 saturated carbocycles. The van der Waals surface area contributed by atoms with Crippen molar-refractivity contribution in [2.75, 3.05) is 0 Å². The summed E-state index contributed by atoms with van der Waals surface area (Å²) in [5.41, 5.74) is 0. The molecule has 2 nitrogen and oxygen atoms in total. The van der Waals surface area contributed by atoms with Crippen LogP contribution in [0.2, 0.25) is 0 Å². The minimum Gasteiger partial charge on any atom is -0.299 e. The van der Waals surface area contributed by atoms with Gasteiger partial charge >= 0.3 is 0 Å². The van der Waals surface area contributed by atoms with E-state index < -0.39 is 0 Å². The number of rotatable bonds is 0. The Hall–Kier alpha value is -0.660. The summed E-state index contributed by atoms with van der Waals surface area (Å²) in [4.78, 5) is 23.2. The summed E-state index contributed by atoms with van der Waals surface area (Å²) >= 11 is 0. The molecular weight excluding hydrogens is 164 g/mol. The van der Waals surface area contributed by atoms with Crippen molar-refractivity contribution in [3.05, 3.63) is 0 Å². The molecule has 2 fully saturated rings. The van der Waals surface area contributed by atoms with Gasteiger partial charge in [0.15, 0.2) is 0 Å². The average molecular weight is 180 g/mol. The molecule has 0 saturated heterocycles. The number of hydrogen-bond donors (Lipinski definition) is 0. The van der Waals surface area contributed by atoms with Crippen molar-refractivity contribution in [3.8, 4) is 0 Å². The molecule has 0 aliphatic heterocycles. The van der Waals surface area contributed by atoms with Crippen molar-refractivity contribution in [3.63, 3.8) is 0 Å². The van der Waals surface area contributed by atoms with Crippen LogP contribution in [0.5, 0.6) is 0 Å². The van der Waals surface area contributed by atoms with E-state index in [1.807, 2.05) is 0 Å². The number of Topliss-reactive ketones (excluding diaryl/α,β-unsaturated/α-hetero) is 2. The molecule has 2 aliphatic carbocycles. The molecule has 0 aromatic rings. The standard InChI is InChI=1S/C11H16O2/c12-9-6-2-1-4-8-5-3-7-10(13)11(8)9/h8,11H,1-7H2. The number of hydrogen-bond acceptors (Lipinski definition) is 2. The van der Waals surface area contributed by atoms with Gasteiger partial charge in [0.1, 0.15) is 11.6 Å². The van der Waals surface area contributed by atoms with Crippen molar-refractivity contribution in [2.45, 2.75) is 44.9 Å². The maximum Gasteiger partial charge on any atom is 0.143 e. The van der Waals surface area contributed by atoms with Crippen LogP contribution in [0.4, 0.5) is 0 Å². The van der Waals surface area contributed by atoms with Gasteiger partial charge in [-0.2, -0.15) is 0 Å². The van der Waals surface area contributed by atoms with Crippen molar-refractivity contribution < 1.29 is 9.59 Å². The van der Waals surface area contributed by atoms with Gasteiger partial charge < -0.3 is 0 Å². The van der Waals surface area contributed by atoms with Gasteiger partial charge in [-0.05, 0) is 31.6 Å². The molecule has 2 rings (SSSR count). The Bertz CT molecular complexity index is 232. The Morgan fingerprint density at radius 1 is 0.846 bits per heavy atom. The molecule has 2 unspecified atom stereocenters. The van der Waals surface area contributed by atoms with E-state index in [0.717, 1.165) is 32.1 Å². The third kappa shape index (κ3) is 1.67. The summed E-state index contributed by atoms with van der Waals surface area (Å²) in [6.07, 6.45) is 6.64. The van der Waals surface area contributed by atoms with Crippen molar-refractivity contribution in [2.24, 2.45) is 11.8 Å². The predicted molar refractivity (Wildman–Crippen MR) is 49.3 cm³/mol. The molecule has 0 aromatic carbocycles. The minimum atomic E-state index is -0.198. The van der Waals surface area contributed by atoms with E-state index >= 15 is 0 Å². The van der Waals surface area contributed by atoms with Crippen LogP contribution in [-0.4, -0.2) is 11.6 Å². The molecule has 0 bridgehead atoms. The predicted octanol–water partition coefficient (Wildman–Crippen LogP) is 2.11. The van der Waals surface area contributed by atoms with Crippen LogP contribution >= 0.6 is 0 Å². The van der Waals surface area contributed by atoms with Crippen LogP contribution in [-0.2, 0) is 9.59 Å². The minimum absolute atomic E-state index is 0.198. The van der Waals surface area contributed by atoms with Crippen LogP contribution in [0, 0.1) is 11.8 Å². The Morgan fingerprint density at radius 3 is 2.23 bits per heavy atom. The molecule has 13 heavy (non-hydrogen) atoms. The van der Waals surface area contributed by atoms with Crippen LogP contribution in [0.1, 0.15) is 44.9 Å². The molecule has 0 heterocycles. The molecule has 0 radical (unpaired) electrons. The Balaban J connectivity index is 2.18. The first-order valence-electron chi connectivity index (χ1n) is 5.34. The summed E-state index contributed by atoms with van der Waals surface area (Å²) < 4.78 is 0. The first kappa shape index (κ1) is 8.92. The van der Waals surface area contributed by atoms with Crippen molar-refractivity contribution in [1.82, 2.24) is 0 Å². The highest BCUT2D eigenvalue weighted by Crippen LogP contribution is 2.35. The molecule has 2 heteroatoms. The zero-order chi connectivity index (χ0) is 9.26. The third-order valence-electron chi connectivity index (χ3n) is 3.41. The molecule has 0 amide bonds. The number of fused-ring (bicyclic) bond motifs is 1. The smallest absolute Gasteiger partial charge is 0.143 e. The molecule has 72 valence electrons. The van der Waals surface area contributed by atoms with Gasteiger partial charge in [-0.15, -0.1) is 0 Å². The summed E-state index contributed by atoms with van der Waals surface area (Å²) in [5.74, 6) is 0.655. The first-order valence-corrected chi connectivity index (χ1v) is 5.34. The molecule has 2 aliphatic rings. The van der Waals surface area contributed by atoms with E-state index in [9.17, 15) is 9.59 Å². The maximum atomic E-state index is 11.6. The van der Waals surface area contributed by atoms with Gasteiger partial charge in [0.2, 0.25) is 0 Å². The molecule has 0 N–H and O–H groups in total. The lowest BCUT2D eigenvalue weighted by atomic mass is 9.75. The van der Waals surface area contributed by atoms with Crippen molar-refractivity contribution >= 4 is 11.6 Å². The normalized spacial score (nSPS) is 35.4. The number of ketones is 2. The Morgan fingerprint density at radius 2 is 1.46 bits per heavy atom. The SMILES string of the molecule is O=C1CCCCC2CCCC(=O)C12. The third-order valence-corrected chi connectivity index (χ3v) is 3.41. The summed E-state index contributed by atoms with van der Waals surface area (Å²) in [5, 5.41) is 0. The second-order valence-corrected chi connectivity index (χ2v) is 4.31. The molecular formula is C11H16O2. The fourth-order valence-electron chi connectivity index (χ4n) is 2.74. The summed E-state index contributed by atoms with van der Waals surface area (Å²) in [6, 6.07) is 0. The lowest BCUT2D eigenvalue weighted by Gasteiger charge is -2.27. The lowest BCUT2D eigenvalue weighted by Crippen LogP contribution is -2.33. The molecule has 0 aromatic heterocycles. The van der Waals surface area contributed by atoms with Crippen LogP contribution in [0.25, 0.3) is 0 Å². The quantitative estimate of drug-likeness (QED) is 0.535. The largest absolute Gasteiger partial charge is 0.299 e. The molecule has 0 spiro atoms. The average Bonchev–Trinajstić information content (AvgIpc) is 2.29. The monoisotopic (exact) mass is 180 g/mol. The van der Waals surface area contributed by atoms with Crippen LogP contribution in [0.3, 0.4) is 0 Å². The van der Waals surface area contributed by atoms with Gasteiger partial charge in [-0.25, -0.2) is 0 Å². The second-order valence-electron chi connectivity index (χ2n) is 4.31. The van der Waals surface area contributed by atoms with Gasteiger partial charge in [-0.1, -0.05) is 6.42 Å². The highest BCUT2D eigenvalue weighted by atomic mass is 16.1. The fourth-order valence-corrected chi connectivity index (χ4v) is 2.74. The topological polar surface area (TPSA) is 34.1 Å². The fraction of sp³-hybridized carbons (Fsp3) is 0.818. The van der Waals surface area contributed by atoms with E-state index in [1.165, 1.54) is 0 Å². The lowest BCUT2D eigenvalue weighted by molar-refractivity contribution is -0.136. The van der Waals surface area contributed by atoms with Crippen LogP contribution < -0.4 is 0 Å². The second kappa shape index (κ2) is 3.60. The van der Waals surface area contributed by atoms with Gasteiger partial charge in [0, 0.05) is 12.8 Å². The Labute approximate surface area is 78.7 Å². The zero-order valence-electron chi connectivity index (χ0n) is 7.92. The highest BCUT2D eigenvalue weighted by Gasteiger charge is 2.37. The number of carbonyl (C=O) groups is 2. The maximum absolute atomic E-state index is 11.6. The van der Waals surface area contributed by atoms with Crippen molar-refractivity contribution in [1.29, 1.82) is 0 Å².